The molecule has 21 heavy (non-hydrogen) atoms. The smallest absolute Gasteiger partial charge is 0.311 e. The van der Waals surface area contributed by atoms with Gasteiger partial charge in [0, 0.05) is 0 Å². The summed E-state index contributed by atoms with van der Waals surface area (Å²) in [6.07, 6.45) is 12.4. The molecule has 0 saturated heterocycles. The van der Waals surface area contributed by atoms with Crippen LogP contribution in [0.1, 0.15) is 27.7 Å². The Hall–Kier alpha value is -0.630. The second kappa shape index (κ2) is 5.87. The molecule has 0 amide bonds. The largest absolute Gasteiger partial charge is 1.00 e. The summed E-state index contributed by atoms with van der Waals surface area (Å²) < 4.78 is 29.3. The number of hydrogen-bond acceptors (Lipinski definition) is 2. The van der Waals surface area contributed by atoms with Crippen molar-refractivity contribution in [2.24, 2.45) is 0 Å². The van der Waals surface area contributed by atoms with Gasteiger partial charge in [-0.05, 0) is 27.7 Å². The van der Waals surface area contributed by atoms with Crippen molar-refractivity contribution in [3.8, 4) is 0 Å². The summed E-state index contributed by atoms with van der Waals surface area (Å²) in [6.45, 7) is 8.04. The number of halogens is 1. The molecule has 0 aromatic carbocycles. The van der Waals surface area contributed by atoms with E-state index in [2.05, 4.69) is 13.8 Å². The van der Waals surface area contributed by atoms with Gasteiger partial charge in [-0.25, -0.2) is 0 Å². The molecular formula is C15H23IN2O2S. The summed E-state index contributed by atoms with van der Waals surface area (Å²) in [4.78, 5) is 0. The van der Waals surface area contributed by atoms with Crippen LogP contribution in [0.2, 0.25) is 0 Å². The minimum Gasteiger partial charge on any atom is -1.00 e. The molecule has 0 atom stereocenters. The lowest BCUT2D eigenvalue weighted by atomic mass is 9.84. The van der Waals surface area contributed by atoms with Crippen molar-refractivity contribution in [1.29, 1.82) is 0 Å². The Balaban J connectivity index is 0.00000220. The lowest BCUT2D eigenvalue weighted by Gasteiger charge is -2.35. The molecule has 2 aliphatic rings. The molecule has 0 saturated carbocycles. The second-order valence-electron chi connectivity index (χ2n) is 6.30. The Kier molecular flexibility index (Phi) is 5.15. The molecule has 0 N–H and O–H groups in total. The molecular weight excluding hydrogens is 399 g/mol. The highest BCUT2D eigenvalue weighted by atomic mass is 127. The second-order valence-corrected chi connectivity index (χ2v) is 8.27. The molecule has 1 aliphatic carbocycles. The van der Waals surface area contributed by atoms with E-state index >= 15 is 0 Å². The molecule has 0 radical (unpaired) electrons. The molecule has 118 valence electrons. The van der Waals surface area contributed by atoms with E-state index in [1.54, 1.807) is 30.6 Å². The molecule has 0 aromatic rings. The first-order valence-electron chi connectivity index (χ1n) is 6.75. The number of sulfonamides is 1. The SMILES string of the molecule is C[N+]1=CN(S(=O)(=O)C2C=CC=CC=C2)C(C)(C)C1(C)C.[I-]. The first-order valence-corrected chi connectivity index (χ1v) is 8.25. The Morgan fingerprint density at radius 1 is 1.00 bits per heavy atom. The van der Waals surface area contributed by atoms with Crippen LogP contribution < -0.4 is 24.0 Å². The van der Waals surface area contributed by atoms with E-state index in [-0.39, 0.29) is 29.5 Å². The zero-order chi connectivity index (χ0) is 15.2. The highest BCUT2D eigenvalue weighted by Crippen LogP contribution is 2.37. The summed E-state index contributed by atoms with van der Waals surface area (Å²) >= 11 is 0. The van der Waals surface area contributed by atoms with Crippen molar-refractivity contribution in [3.63, 3.8) is 0 Å². The fourth-order valence-electron chi connectivity index (χ4n) is 2.40. The summed E-state index contributed by atoms with van der Waals surface area (Å²) in [6, 6.07) is 0. The third-order valence-electron chi connectivity index (χ3n) is 4.76. The normalized spacial score (nSPS) is 23.7. The molecule has 0 aromatic heterocycles. The molecule has 1 heterocycles. The Morgan fingerprint density at radius 3 is 1.86 bits per heavy atom. The molecule has 0 spiro atoms. The van der Waals surface area contributed by atoms with Gasteiger partial charge in [-0.3, -0.25) is 4.58 Å². The van der Waals surface area contributed by atoms with E-state index < -0.39 is 20.8 Å². The number of allylic oxidation sites excluding steroid dienone is 4. The van der Waals surface area contributed by atoms with Gasteiger partial charge in [0.1, 0.15) is 10.8 Å². The standard InChI is InChI=1S/C15H23N2O2S.HI/c1-14(2)15(3,4)17(12-16(14)5)20(18,19)13-10-8-6-7-9-11-13;/h6-13H,1-5H3;1H/q+1;/p-1. The van der Waals surface area contributed by atoms with Gasteiger partial charge in [0.05, 0.1) is 7.05 Å². The molecule has 0 bridgehead atoms. The molecule has 4 nitrogen and oxygen atoms in total. The van der Waals surface area contributed by atoms with E-state index in [1.165, 1.54) is 4.31 Å². The molecule has 6 heteroatoms. The van der Waals surface area contributed by atoms with Crippen molar-refractivity contribution in [2.45, 2.75) is 44.0 Å². The minimum absolute atomic E-state index is 0. The van der Waals surface area contributed by atoms with Crippen LogP contribution >= 0.6 is 0 Å². The highest BCUT2D eigenvalue weighted by Gasteiger charge is 2.59. The molecule has 1 aliphatic heterocycles. The zero-order valence-corrected chi connectivity index (χ0v) is 16.1. The molecule has 0 unspecified atom stereocenters. The van der Waals surface area contributed by atoms with Gasteiger partial charge in [-0.15, -0.1) is 4.31 Å². The van der Waals surface area contributed by atoms with Crippen molar-refractivity contribution in [1.82, 2.24) is 4.31 Å². The van der Waals surface area contributed by atoms with Crippen LogP contribution in [0.5, 0.6) is 0 Å². The number of likely N-dealkylation sites (N-methyl/N-ethyl adjacent to an activating group) is 1. The predicted octanol–water partition coefficient (Wildman–Crippen LogP) is -1.09. The highest BCUT2D eigenvalue weighted by molar-refractivity contribution is 7.90. The maximum atomic E-state index is 12.9. The van der Waals surface area contributed by atoms with Crippen molar-refractivity contribution in [2.75, 3.05) is 7.05 Å². The van der Waals surface area contributed by atoms with E-state index in [4.69, 9.17) is 0 Å². The Labute approximate surface area is 145 Å². The zero-order valence-electron chi connectivity index (χ0n) is 13.1. The van der Waals surface area contributed by atoms with E-state index in [0.717, 1.165) is 0 Å². The lowest BCUT2D eigenvalue weighted by Crippen LogP contribution is -3.00. The van der Waals surface area contributed by atoms with Gasteiger partial charge >= 0.3 is 10.0 Å². The van der Waals surface area contributed by atoms with Crippen LogP contribution in [0.25, 0.3) is 0 Å². The van der Waals surface area contributed by atoms with Crippen LogP contribution in [0.4, 0.5) is 0 Å². The van der Waals surface area contributed by atoms with Gasteiger partial charge < -0.3 is 24.0 Å². The third kappa shape index (κ3) is 2.84. The number of hydrogen-bond donors (Lipinski definition) is 0. The van der Waals surface area contributed by atoms with Crippen molar-refractivity contribution >= 4 is 16.4 Å². The average Bonchev–Trinajstić information content (AvgIpc) is 2.60. The van der Waals surface area contributed by atoms with Crippen LogP contribution in [0.15, 0.2) is 36.5 Å². The Bertz CT molecular complexity index is 612. The molecule has 0 fully saturated rings. The van der Waals surface area contributed by atoms with Gasteiger partial charge in [0.25, 0.3) is 6.34 Å². The number of rotatable bonds is 2. The fraction of sp³-hybridized carbons (Fsp3) is 0.533. The third-order valence-corrected chi connectivity index (χ3v) is 6.86. The summed E-state index contributed by atoms with van der Waals surface area (Å²) in [5.41, 5.74) is -0.779. The topological polar surface area (TPSA) is 40.4 Å². The first kappa shape index (κ1) is 18.4. The lowest BCUT2D eigenvalue weighted by molar-refractivity contribution is -0.570. The summed E-state index contributed by atoms with van der Waals surface area (Å²) in [7, 11) is -1.56. The van der Waals surface area contributed by atoms with Crippen LogP contribution in [-0.2, 0) is 10.0 Å². The Morgan fingerprint density at radius 2 is 1.48 bits per heavy atom. The van der Waals surface area contributed by atoms with E-state index in [0.29, 0.717) is 0 Å². The summed E-state index contributed by atoms with van der Waals surface area (Å²) in [5.74, 6) is 0. The maximum absolute atomic E-state index is 12.9. The first-order chi connectivity index (χ1) is 9.12. The van der Waals surface area contributed by atoms with Gasteiger partial charge in [0.15, 0.2) is 5.54 Å². The fourth-order valence-corrected chi connectivity index (χ4v) is 4.37. The number of nitrogens with zero attached hydrogens (tertiary/aromatic N) is 2. The van der Waals surface area contributed by atoms with Crippen molar-refractivity contribution < 1.29 is 37.0 Å². The predicted molar refractivity (Wildman–Crippen MR) is 82.4 cm³/mol. The maximum Gasteiger partial charge on any atom is 0.311 e. The van der Waals surface area contributed by atoms with E-state index in [1.807, 2.05) is 37.6 Å². The van der Waals surface area contributed by atoms with E-state index in [9.17, 15) is 8.42 Å². The van der Waals surface area contributed by atoms with Gasteiger partial charge in [-0.2, -0.15) is 8.42 Å². The monoisotopic (exact) mass is 422 g/mol. The molecule has 2 rings (SSSR count). The van der Waals surface area contributed by atoms with Gasteiger partial charge in [0.2, 0.25) is 0 Å². The minimum atomic E-state index is -3.47. The average molecular weight is 422 g/mol. The quantitative estimate of drug-likeness (QED) is 0.420. The van der Waals surface area contributed by atoms with Crippen LogP contribution in [-0.4, -0.2) is 47.0 Å². The van der Waals surface area contributed by atoms with Gasteiger partial charge in [-0.1, -0.05) is 36.5 Å². The summed E-state index contributed by atoms with van der Waals surface area (Å²) in [5, 5.41) is -0.629. The van der Waals surface area contributed by atoms with Crippen LogP contribution in [0, 0.1) is 0 Å². The van der Waals surface area contributed by atoms with Crippen molar-refractivity contribution in [3.05, 3.63) is 36.5 Å². The van der Waals surface area contributed by atoms with Crippen LogP contribution in [0.3, 0.4) is 0 Å².